The van der Waals surface area contributed by atoms with Gasteiger partial charge in [0.2, 0.25) is 0 Å². The average Bonchev–Trinajstić information content (AvgIpc) is 3.71. The molecule has 3 aliphatic heterocycles. The monoisotopic (exact) mass is 567 g/mol. The lowest BCUT2D eigenvalue weighted by Crippen LogP contribution is -2.29. The minimum Gasteiger partial charge on any atom is -0.316 e. The highest BCUT2D eigenvalue weighted by molar-refractivity contribution is 7.09. The van der Waals surface area contributed by atoms with Gasteiger partial charge < -0.3 is 10.2 Å². The number of rotatable bonds is 6. The van der Waals surface area contributed by atoms with E-state index in [1.54, 1.807) is 11.6 Å². The van der Waals surface area contributed by atoms with E-state index in [0.717, 1.165) is 62.4 Å². The number of fused-ring (bicyclic) bond motifs is 1. The lowest BCUT2D eigenvalue weighted by Gasteiger charge is -2.33. The number of nitrogens with one attached hydrogen (secondary N) is 1. The van der Waals surface area contributed by atoms with Gasteiger partial charge in [-0.2, -0.15) is 13.2 Å². The van der Waals surface area contributed by atoms with Crippen molar-refractivity contribution in [3.05, 3.63) is 74.7 Å². The highest BCUT2D eigenvalue weighted by Gasteiger charge is 2.43. The first-order chi connectivity index (χ1) is 19.3. The van der Waals surface area contributed by atoms with Crippen LogP contribution in [0.1, 0.15) is 75.6 Å². The number of benzene rings is 2. The standard InChI is InChI=1S/C30H32F3N5OS/c31-30(32,33)25-12-19(14-37-10-8-29(17-37)7-9-34-16-29)11-23-24(25)15-38(28(23)39)22-6-2-5-21(13-22)26(20-3-1-4-20)27-36-35-18-40-27/h2,5-6,11-13,18,20,26,34H,1,3-4,7-10,14-17H2/t26-,29+/m1/s1. The molecule has 2 saturated heterocycles. The zero-order chi connectivity index (χ0) is 27.5. The summed E-state index contributed by atoms with van der Waals surface area (Å²) in [5, 5.41) is 12.7. The van der Waals surface area contributed by atoms with E-state index >= 15 is 0 Å². The molecule has 4 aliphatic rings. The zero-order valence-corrected chi connectivity index (χ0v) is 23.0. The largest absolute Gasteiger partial charge is 0.416 e. The molecule has 2 aromatic carbocycles. The van der Waals surface area contributed by atoms with Gasteiger partial charge in [-0.25, -0.2) is 0 Å². The van der Waals surface area contributed by atoms with Crippen molar-refractivity contribution >= 4 is 22.9 Å². The summed E-state index contributed by atoms with van der Waals surface area (Å²) in [7, 11) is 0. The van der Waals surface area contributed by atoms with Gasteiger partial charge in [0.05, 0.1) is 12.1 Å². The summed E-state index contributed by atoms with van der Waals surface area (Å²) in [5.74, 6) is 0.171. The number of hydrogen-bond donors (Lipinski definition) is 1. The fourth-order valence-electron chi connectivity index (χ4n) is 7.18. The van der Waals surface area contributed by atoms with E-state index in [1.807, 2.05) is 24.3 Å². The van der Waals surface area contributed by atoms with E-state index in [9.17, 15) is 18.0 Å². The third-order valence-electron chi connectivity index (χ3n) is 9.47. The molecule has 40 heavy (non-hydrogen) atoms. The minimum atomic E-state index is -4.53. The Morgan fingerprint density at radius 3 is 2.75 bits per heavy atom. The van der Waals surface area contributed by atoms with Crippen LogP contribution in [0.2, 0.25) is 0 Å². The molecule has 1 amide bonds. The van der Waals surface area contributed by atoms with Crippen LogP contribution in [0.25, 0.3) is 0 Å². The zero-order valence-electron chi connectivity index (χ0n) is 22.2. The Labute approximate surface area is 235 Å². The second-order valence-electron chi connectivity index (χ2n) is 12.0. The van der Waals surface area contributed by atoms with Gasteiger partial charge in [-0.05, 0) is 91.1 Å². The summed E-state index contributed by atoms with van der Waals surface area (Å²) < 4.78 is 43.0. The maximum atomic E-state index is 14.3. The number of carbonyl (C=O) groups excluding carboxylic acids is 1. The van der Waals surface area contributed by atoms with Gasteiger partial charge in [0.25, 0.3) is 5.91 Å². The summed E-state index contributed by atoms with van der Waals surface area (Å²) in [6.07, 6.45) is 1.02. The van der Waals surface area contributed by atoms with Crippen LogP contribution in [0.3, 0.4) is 0 Å². The first-order valence-corrected chi connectivity index (χ1v) is 15.0. The van der Waals surface area contributed by atoms with E-state index in [2.05, 4.69) is 20.4 Å². The van der Waals surface area contributed by atoms with Crippen LogP contribution in [-0.4, -0.2) is 47.2 Å². The first-order valence-electron chi connectivity index (χ1n) is 14.1. The number of carbonyl (C=O) groups is 1. The maximum Gasteiger partial charge on any atom is 0.416 e. The van der Waals surface area contributed by atoms with E-state index in [0.29, 0.717) is 23.7 Å². The number of nitrogens with zero attached hydrogens (tertiary/aromatic N) is 4. The SMILES string of the molecule is O=C1c2cc(CN3CC[C@]4(CCNC4)C3)cc(C(F)(F)F)c2CN1c1cccc([C@H](c2nncs2)C2CCC2)c1. The molecule has 0 bridgehead atoms. The van der Waals surface area contributed by atoms with Crippen LogP contribution in [0, 0.1) is 11.3 Å². The molecular weight excluding hydrogens is 535 g/mol. The Hall–Kier alpha value is -2.82. The highest BCUT2D eigenvalue weighted by Crippen LogP contribution is 2.45. The molecule has 1 aromatic heterocycles. The van der Waals surface area contributed by atoms with Gasteiger partial charge in [0.15, 0.2) is 0 Å². The van der Waals surface area contributed by atoms with Crippen molar-refractivity contribution in [2.75, 3.05) is 31.1 Å². The Morgan fingerprint density at radius 1 is 1.18 bits per heavy atom. The molecule has 1 N–H and O–H groups in total. The normalized spacial score (nSPS) is 24.2. The Bertz CT molecular complexity index is 1420. The molecule has 2 atom stereocenters. The molecule has 0 radical (unpaired) electrons. The number of amides is 1. The molecule has 1 aliphatic carbocycles. The number of alkyl halides is 3. The van der Waals surface area contributed by atoms with E-state index < -0.39 is 11.7 Å². The van der Waals surface area contributed by atoms with E-state index in [4.69, 9.17) is 0 Å². The topological polar surface area (TPSA) is 61.4 Å². The van der Waals surface area contributed by atoms with Crippen molar-refractivity contribution in [3.63, 3.8) is 0 Å². The van der Waals surface area contributed by atoms with Crippen LogP contribution in [0.4, 0.5) is 18.9 Å². The van der Waals surface area contributed by atoms with Crippen molar-refractivity contribution in [1.82, 2.24) is 20.4 Å². The molecule has 1 spiro atoms. The quantitative estimate of drug-likeness (QED) is 0.406. The van der Waals surface area contributed by atoms with Gasteiger partial charge in [0.1, 0.15) is 10.5 Å². The van der Waals surface area contributed by atoms with Crippen molar-refractivity contribution in [3.8, 4) is 0 Å². The Morgan fingerprint density at radius 2 is 2.05 bits per heavy atom. The Kier molecular flexibility index (Phi) is 6.47. The van der Waals surface area contributed by atoms with Crippen LogP contribution in [-0.2, 0) is 19.3 Å². The van der Waals surface area contributed by atoms with Gasteiger partial charge in [0, 0.05) is 36.8 Å². The number of anilines is 1. The fourth-order valence-corrected chi connectivity index (χ4v) is 7.95. The number of halogens is 3. The number of hydrogen-bond acceptors (Lipinski definition) is 6. The second-order valence-corrected chi connectivity index (χ2v) is 12.9. The van der Waals surface area contributed by atoms with Crippen LogP contribution < -0.4 is 10.2 Å². The average molecular weight is 568 g/mol. The Balaban J connectivity index is 1.18. The van der Waals surface area contributed by atoms with Gasteiger partial charge in [-0.3, -0.25) is 9.69 Å². The lowest BCUT2D eigenvalue weighted by molar-refractivity contribution is -0.138. The number of likely N-dealkylation sites (tertiary alicyclic amines) is 1. The maximum absolute atomic E-state index is 14.3. The molecule has 210 valence electrons. The van der Waals surface area contributed by atoms with Gasteiger partial charge >= 0.3 is 6.18 Å². The van der Waals surface area contributed by atoms with E-state index in [1.165, 1.54) is 28.7 Å². The van der Waals surface area contributed by atoms with Crippen LogP contribution in [0.5, 0.6) is 0 Å². The predicted octanol–water partition coefficient (Wildman–Crippen LogP) is 5.83. The molecule has 0 unspecified atom stereocenters. The molecule has 4 heterocycles. The van der Waals surface area contributed by atoms with Crippen molar-refractivity contribution in [2.24, 2.45) is 11.3 Å². The van der Waals surface area contributed by atoms with Crippen molar-refractivity contribution < 1.29 is 18.0 Å². The molecule has 1 saturated carbocycles. The second kappa shape index (κ2) is 9.92. The minimum absolute atomic E-state index is 0.0733. The van der Waals surface area contributed by atoms with Gasteiger partial charge in [-0.15, -0.1) is 21.5 Å². The molecule has 7 rings (SSSR count). The summed E-state index contributed by atoms with van der Waals surface area (Å²) in [5.41, 5.74) is 3.72. The molecule has 3 aromatic rings. The fraction of sp³-hybridized carbons (Fsp3) is 0.500. The molecular formula is C30H32F3N5OS. The summed E-state index contributed by atoms with van der Waals surface area (Å²) in [4.78, 5) is 17.4. The molecule has 10 heteroatoms. The van der Waals surface area contributed by atoms with E-state index in [-0.39, 0.29) is 34.9 Å². The molecule has 6 nitrogen and oxygen atoms in total. The summed E-state index contributed by atoms with van der Waals surface area (Å²) in [6, 6.07) is 10.7. The smallest absolute Gasteiger partial charge is 0.316 e. The molecule has 3 fully saturated rings. The summed E-state index contributed by atoms with van der Waals surface area (Å²) in [6.45, 7) is 4.04. The van der Waals surface area contributed by atoms with Crippen molar-refractivity contribution in [1.29, 1.82) is 0 Å². The van der Waals surface area contributed by atoms with Crippen LogP contribution in [0.15, 0.2) is 41.9 Å². The highest BCUT2D eigenvalue weighted by atomic mass is 32.1. The van der Waals surface area contributed by atoms with Crippen LogP contribution >= 0.6 is 11.3 Å². The van der Waals surface area contributed by atoms with Crippen molar-refractivity contribution in [2.45, 2.75) is 57.3 Å². The third kappa shape index (κ3) is 4.63. The predicted molar refractivity (Wildman–Crippen MR) is 147 cm³/mol. The third-order valence-corrected chi connectivity index (χ3v) is 10.2. The lowest BCUT2D eigenvalue weighted by atomic mass is 9.73. The van der Waals surface area contributed by atoms with Gasteiger partial charge in [-0.1, -0.05) is 18.6 Å². The first kappa shape index (κ1) is 26.1. The summed E-state index contributed by atoms with van der Waals surface area (Å²) >= 11 is 1.52. The number of aromatic nitrogens is 2.